The standard InChI is InChI=1S/C15H13NO2/c17-15-16-14(10-18-15)13-9-5-4-8-12(13)11-6-2-1-3-7-11/h1-9,14H,10H2,(H,16,17)/t14-/m1/s1. The maximum absolute atomic E-state index is 11.1. The fourth-order valence-corrected chi connectivity index (χ4v) is 2.23. The summed E-state index contributed by atoms with van der Waals surface area (Å²) in [4.78, 5) is 11.1. The van der Waals surface area contributed by atoms with Gasteiger partial charge in [0, 0.05) is 0 Å². The Labute approximate surface area is 105 Å². The Kier molecular flexibility index (Phi) is 2.73. The molecule has 3 nitrogen and oxygen atoms in total. The number of hydrogen-bond donors (Lipinski definition) is 1. The smallest absolute Gasteiger partial charge is 0.407 e. The molecule has 0 unspecified atom stereocenters. The van der Waals surface area contributed by atoms with Crippen LogP contribution in [0.2, 0.25) is 0 Å². The van der Waals surface area contributed by atoms with Crippen molar-refractivity contribution < 1.29 is 9.53 Å². The lowest BCUT2D eigenvalue weighted by molar-refractivity contribution is 0.177. The van der Waals surface area contributed by atoms with Crippen molar-refractivity contribution in [2.75, 3.05) is 6.61 Å². The summed E-state index contributed by atoms with van der Waals surface area (Å²) in [5.74, 6) is 0. The van der Waals surface area contributed by atoms with E-state index in [1.54, 1.807) is 0 Å². The summed E-state index contributed by atoms with van der Waals surface area (Å²) in [6, 6.07) is 18.2. The van der Waals surface area contributed by atoms with Crippen LogP contribution in [-0.2, 0) is 4.74 Å². The van der Waals surface area contributed by atoms with Gasteiger partial charge in [-0.05, 0) is 16.7 Å². The van der Waals surface area contributed by atoms with E-state index in [0.29, 0.717) is 6.61 Å². The zero-order valence-corrected chi connectivity index (χ0v) is 9.80. The van der Waals surface area contributed by atoms with Crippen molar-refractivity contribution >= 4 is 6.09 Å². The predicted molar refractivity (Wildman–Crippen MR) is 69.1 cm³/mol. The lowest BCUT2D eigenvalue weighted by atomic mass is 9.95. The van der Waals surface area contributed by atoms with E-state index in [4.69, 9.17) is 4.74 Å². The van der Waals surface area contributed by atoms with Gasteiger partial charge in [0.25, 0.3) is 0 Å². The van der Waals surface area contributed by atoms with Crippen LogP contribution >= 0.6 is 0 Å². The number of hydrogen-bond acceptors (Lipinski definition) is 2. The van der Waals surface area contributed by atoms with Gasteiger partial charge in [-0.3, -0.25) is 0 Å². The quantitative estimate of drug-likeness (QED) is 0.874. The molecule has 0 spiro atoms. The number of carbonyl (C=O) groups is 1. The van der Waals surface area contributed by atoms with Crippen molar-refractivity contribution in [2.45, 2.75) is 6.04 Å². The molecule has 1 amide bonds. The highest BCUT2D eigenvalue weighted by Crippen LogP contribution is 2.29. The van der Waals surface area contributed by atoms with Crippen molar-refractivity contribution in [1.29, 1.82) is 0 Å². The number of cyclic esters (lactones) is 1. The molecule has 1 N–H and O–H groups in total. The van der Waals surface area contributed by atoms with Gasteiger partial charge in [0.05, 0.1) is 6.04 Å². The van der Waals surface area contributed by atoms with Gasteiger partial charge in [-0.2, -0.15) is 0 Å². The van der Waals surface area contributed by atoms with E-state index in [2.05, 4.69) is 23.5 Å². The number of carbonyl (C=O) groups excluding carboxylic acids is 1. The molecule has 3 rings (SSSR count). The Morgan fingerprint density at radius 2 is 1.72 bits per heavy atom. The number of ether oxygens (including phenoxy) is 1. The van der Waals surface area contributed by atoms with Gasteiger partial charge in [-0.25, -0.2) is 4.79 Å². The number of benzene rings is 2. The van der Waals surface area contributed by atoms with Crippen LogP contribution in [0.3, 0.4) is 0 Å². The van der Waals surface area contributed by atoms with Gasteiger partial charge in [0.15, 0.2) is 0 Å². The third-order valence-corrected chi connectivity index (χ3v) is 3.09. The molecular formula is C15H13NO2. The topological polar surface area (TPSA) is 38.3 Å². The molecule has 0 saturated carbocycles. The molecule has 0 bridgehead atoms. The van der Waals surface area contributed by atoms with E-state index in [-0.39, 0.29) is 12.1 Å². The normalized spacial score (nSPS) is 18.2. The number of rotatable bonds is 2. The van der Waals surface area contributed by atoms with Gasteiger partial charge >= 0.3 is 6.09 Å². The first-order valence-corrected chi connectivity index (χ1v) is 5.92. The fourth-order valence-electron chi connectivity index (χ4n) is 2.23. The van der Waals surface area contributed by atoms with Crippen LogP contribution in [0.15, 0.2) is 54.6 Å². The van der Waals surface area contributed by atoms with Crippen molar-refractivity contribution in [3.8, 4) is 11.1 Å². The molecular weight excluding hydrogens is 226 g/mol. The Morgan fingerprint density at radius 3 is 2.44 bits per heavy atom. The van der Waals surface area contributed by atoms with Gasteiger partial charge < -0.3 is 10.1 Å². The molecule has 1 fully saturated rings. The van der Waals surface area contributed by atoms with Crippen LogP contribution < -0.4 is 5.32 Å². The van der Waals surface area contributed by atoms with Gasteiger partial charge in [-0.15, -0.1) is 0 Å². The zero-order chi connectivity index (χ0) is 12.4. The first-order chi connectivity index (χ1) is 8.84. The maximum Gasteiger partial charge on any atom is 0.407 e. The van der Waals surface area contributed by atoms with Gasteiger partial charge in [-0.1, -0.05) is 54.6 Å². The van der Waals surface area contributed by atoms with E-state index in [1.165, 1.54) is 0 Å². The molecule has 1 heterocycles. The highest BCUT2D eigenvalue weighted by Gasteiger charge is 2.25. The third kappa shape index (κ3) is 1.95. The molecule has 2 aromatic rings. The maximum atomic E-state index is 11.1. The summed E-state index contributed by atoms with van der Waals surface area (Å²) < 4.78 is 4.96. The summed E-state index contributed by atoms with van der Waals surface area (Å²) in [6.45, 7) is 0.392. The second-order valence-electron chi connectivity index (χ2n) is 4.25. The third-order valence-electron chi connectivity index (χ3n) is 3.09. The summed E-state index contributed by atoms with van der Waals surface area (Å²) >= 11 is 0. The average Bonchev–Trinajstić information content (AvgIpc) is 2.86. The second-order valence-corrected chi connectivity index (χ2v) is 4.25. The Morgan fingerprint density at radius 1 is 1.00 bits per heavy atom. The first-order valence-electron chi connectivity index (χ1n) is 5.92. The van der Waals surface area contributed by atoms with E-state index >= 15 is 0 Å². The summed E-state index contributed by atoms with van der Waals surface area (Å²) in [6.07, 6.45) is -0.345. The Hall–Kier alpha value is -2.29. The lowest BCUT2D eigenvalue weighted by Gasteiger charge is -2.13. The molecule has 1 saturated heterocycles. The predicted octanol–water partition coefficient (Wildman–Crippen LogP) is 3.13. The van der Waals surface area contributed by atoms with Gasteiger partial charge in [0.1, 0.15) is 6.61 Å². The largest absolute Gasteiger partial charge is 0.447 e. The minimum absolute atomic E-state index is 0.0612. The molecule has 3 heteroatoms. The SMILES string of the molecule is O=C1N[C@@H](c2ccccc2-c2ccccc2)CO1. The highest BCUT2D eigenvalue weighted by atomic mass is 16.6. The Balaban J connectivity index is 2.03. The summed E-state index contributed by atoms with van der Waals surface area (Å²) in [5, 5.41) is 2.82. The minimum Gasteiger partial charge on any atom is -0.447 e. The van der Waals surface area contributed by atoms with E-state index in [0.717, 1.165) is 16.7 Å². The van der Waals surface area contributed by atoms with Gasteiger partial charge in [0.2, 0.25) is 0 Å². The van der Waals surface area contributed by atoms with Crippen molar-refractivity contribution in [2.24, 2.45) is 0 Å². The van der Waals surface area contributed by atoms with Crippen LogP contribution in [0, 0.1) is 0 Å². The average molecular weight is 239 g/mol. The van der Waals surface area contributed by atoms with Crippen LogP contribution in [-0.4, -0.2) is 12.7 Å². The van der Waals surface area contributed by atoms with Crippen LogP contribution in [0.25, 0.3) is 11.1 Å². The van der Waals surface area contributed by atoms with Crippen LogP contribution in [0.4, 0.5) is 4.79 Å². The molecule has 1 aliphatic heterocycles. The molecule has 0 radical (unpaired) electrons. The zero-order valence-electron chi connectivity index (χ0n) is 9.80. The van der Waals surface area contributed by atoms with Crippen molar-refractivity contribution in [3.63, 3.8) is 0 Å². The summed E-state index contributed by atoms with van der Waals surface area (Å²) in [5.41, 5.74) is 3.37. The van der Waals surface area contributed by atoms with E-state index in [9.17, 15) is 4.79 Å². The van der Waals surface area contributed by atoms with Crippen LogP contribution in [0.1, 0.15) is 11.6 Å². The van der Waals surface area contributed by atoms with Crippen molar-refractivity contribution in [3.05, 3.63) is 60.2 Å². The molecule has 18 heavy (non-hydrogen) atoms. The van der Waals surface area contributed by atoms with E-state index in [1.807, 2.05) is 36.4 Å². The first kappa shape index (κ1) is 10.8. The summed E-state index contributed by atoms with van der Waals surface area (Å²) in [7, 11) is 0. The minimum atomic E-state index is -0.345. The molecule has 90 valence electrons. The van der Waals surface area contributed by atoms with E-state index < -0.39 is 0 Å². The molecule has 1 aliphatic rings. The Bertz CT molecular complexity index is 566. The highest BCUT2D eigenvalue weighted by molar-refractivity contribution is 5.73. The number of amides is 1. The lowest BCUT2D eigenvalue weighted by Crippen LogP contribution is -2.18. The monoisotopic (exact) mass is 239 g/mol. The van der Waals surface area contributed by atoms with Crippen molar-refractivity contribution in [1.82, 2.24) is 5.32 Å². The van der Waals surface area contributed by atoms with Crippen LogP contribution in [0.5, 0.6) is 0 Å². The molecule has 0 aliphatic carbocycles. The second kappa shape index (κ2) is 4.53. The molecule has 1 atom stereocenters. The number of nitrogens with one attached hydrogen (secondary N) is 1. The fraction of sp³-hybridized carbons (Fsp3) is 0.133. The molecule has 2 aromatic carbocycles. The molecule has 0 aromatic heterocycles. The number of alkyl carbamates (subject to hydrolysis) is 1.